The van der Waals surface area contributed by atoms with E-state index in [1.807, 2.05) is 0 Å². The van der Waals surface area contributed by atoms with Crippen molar-refractivity contribution < 1.29 is 0 Å². The summed E-state index contributed by atoms with van der Waals surface area (Å²) in [5, 5.41) is 0. The first-order valence-corrected chi connectivity index (χ1v) is 8.58. The lowest BCUT2D eigenvalue weighted by molar-refractivity contribution is 0.0904. The highest BCUT2D eigenvalue weighted by Gasteiger charge is 2.32. The minimum atomic E-state index is 0.379. The topological polar surface area (TPSA) is 32.5 Å². The average Bonchev–Trinajstić information content (AvgIpc) is 2.36. The molecule has 1 aliphatic rings. The van der Waals surface area contributed by atoms with Crippen molar-refractivity contribution in [3.63, 3.8) is 0 Å². The van der Waals surface area contributed by atoms with Crippen LogP contribution in [0.3, 0.4) is 0 Å². The third-order valence-electron chi connectivity index (χ3n) is 4.58. The van der Waals surface area contributed by atoms with Crippen molar-refractivity contribution in [2.24, 2.45) is 17.6 Å². The van der Waals surface area contributed by atoms with Crippen molar-refractivity contribution in [1.82, 2.24) is 9.80 Å². The third kappa shape index (κ3) is 6.11. The van der Waals surface area contributed by atoms with Gasteiger partial charge < -0.3 is 10.6 Å². The van der Waals surface area contributed by atoms with Gasteiger partial charge in [0.1, 0.15) is 0 Å². The fraction of sp³-hybridized carbons (Fsp3) is 1.00. The molecule has 0 radical (unpaired) electrons. The van der Waals surface area contributed by atoms with E-state index in [9.17, 15) is 0 Å². The molecule has 0 aliphatic heterocycles. The van der Waals surface area contributed by atoms with Crippen LogP contribution in [0.5, 0.6) is 0 Å². The number of nitrogens with two attached hydrogens (primary N) is 1. The van der Waals surface area contributed by atoms with E-state index in [0.29, 0.717) is 12.1 Å². The lowest BCUT2D eigenvalue weighted by Gasteiger charge is -2.42. The molecule has 3 nitrogen and oxygen atoms in total. The summed E-state index contributed by atoms with van der Waals surface area (Å²) < 4.78 is 0. The summed E-state index contributed by atoms with van der Waals surface area (Å²) in [7, 11) is 4.32. The smallest absolute Gasteiger partial charge is 0.0250 e. The fourth-order valence-electron chi connectivity index (χ4n) is 3.53. The lowest BCUT2D eigenvalue weighted by atomic mass is 9.79. The highest BCUT2D eigenvalue weighted by Crippen LogP contribution is 2.30. The van der Waals surface area contributed by atoms with Gasteiger partial charge in [0.15, 0.2) is 0 Å². The van der Waals surface area contributed by atoms with E-state index in [0.717, 1.165) is 24.9 Å². The molecule has 0 amide bonds. The lowest BCUT2D eigenvalue weighted by Crippen LogP contribution is -2.53. The van der Waals surface area contributed by atoms with Gasteiger partial charge in [0.05, 0.1) is 0 Å². The second-order valence-corrected chi connectivity index (χ2v) is 7.39. The molecule has 3 heteroatoms. The monoisotopic (exact) mass is 283 g/mol. The van der Waals surface area contributed by atoms with Gasteiger partial charge in [-0.1, -0.05) is 33.6 Å². The van der Waals surface area contributed by atoms with E-state index in [4.69, 9.17) is 5.73 Å². The summed E-state index contributed by atoms with van der Waals surface area (Å²) in [6.07, 6.45) is 6.57. The molecule has 1 aliphatic carbocycles. The molecule has 1 saturated carbocycles. The molecule has 0 saturated heterocycles. The molecule has 0 heterocycles. The predicted molar refractivity (Wildman–Crippen MR) is 89.0 cm³/mol. The van der Waals surface area contributed by atoms with Crippen LogP contribution in [0.15, 0.2) is 0 Å². The molecule has 0 aromatic carbocycles. The van der Waals surface area contributed by atoms with E-state index in [-0.39, 0.29) is 0 Å². The SMILES string of the molecule is CCCC1CCC(N)C(N(CCN(C)C)CC(C)C)C1. The Morgan fingerprint density at radius 1 is 1.15 bits per heavy atom. The summed E-state index contributed by atoms with van der Waals surface area (Å²) in [5.74, 6) is 1.62. The Morgan fingerprint density at radius 3 is 2.40 bits per heavy atom. The van der Waals surface area contributed by atoms with Crippen molar-refractivity contribution in [1.29, 1.82) is 0 Å². The Hall–Kier alpha value is -0.120. The maximum Gasteiger partial charge on any atom is 0.0250 e. The van der Waals surface area contributed by atoms with Gasteiger partial charge in [-0.15, -0.1) is 0 Å². The fourth-order valence-corrected chi connectivity index (χ4v) is 3.53. The number of nitrogens with zero attached hydrogens (tertiary/aromatic N) is 2. The van der Waals surface area contributed by atoms with E-state index >= 15 is 0 Å². The molecular formula is C17H37N3. The summed E-state index contributed by atoms with van der Waals surface area (Å²) in [4.78, 5) is 4.96. The number of hydrogen-bond acceptors (Lipinski definition) is 3. The maximum absolute atomic E-state index is 6.47. The Balaban J connectivity index is 2.64. The summed E-state index contributed by atoms with van der Waals surface area (Å²) >= 11 is 0. The van der Waals surface area contributed by atoms with Gasteiger partial charge in [-0.05, 0) is 45.2 Å². The molecule has 0 bridgehead atoms. The molecular weight excluding hydrogens is 246 g/mol. The van der Waals surface area contributed by atoms with Crippen molar-refractivity contribution in [3.8, 4) is 0 Å². The van der Waals surface area contributed by atoms with Crippen molar-refractivity contribution >= 4 is 0 Å². The third-order valence-corrected chi connectivity index (χ3v) is 4.58. The second-order valence-electron chi connectivity index (χ2n) is 7.39. The van der Waals surface area contributed by atoms with E-state index in [1.54, 1.807) is 0 Å². The number of rotatable bonds is 8. The van der Waals surface area contributed by atoms with Crippen LogP contribution in [0.25, 0.3) is 0 Å². The zero-order chi connectivity index (χ0) is 15.1. The molecule has 3 unspecified atom stereocenters. The summed E-state index contributed by atoms with van der Waals surface area (Å²) in [6.45, 7) is 10.4. The summed E-state index contributed by atoms with van der Waals surface area (Å²) in [5.41, 5.74) is 6.47. The Morgan fingerprint density at radius 2 is 1.85 bits per heavy atom. The molecule has 3 atom stereocenters. The summed E-state index contributed by atoms with van der Waals surface area (Å²) in [6, 6.07) is 0.978. The Kier molecular flexibility index (Phi) is 8.08. The molecule has 2 N–H and O–H groups in total. The van der Waals surface area contributed by atoms with Gasteiger partial charge in [-0.25, -0.2) is 0 Å². The van der Waals surface area contributed by atoms with Crippen molar-refractivity contribution in [2.75, 3.05) is 33.7 Å². The first-order valence-electron chi connectivity index (χ1n) is 8.58. The number of likely N-dealkylation sites (N-methyl/N-ethyl adjacent to an activating group) is 1. The normalized spacial score (nSPS) is 27.8. The zero-order valence-corrected chi connectivity index (χ0v) is 14.4. The van der Waals surface area contributed by atoms with Crippen LogP contribution < -0.4 is 5.73 Å². The van der Waals surface area contributed by atoms with Crippen LogP contribution in [0.4, 0.5) is 0 Å². The van der Waals surface area contributed by atoms with Crippen molar-refractivity contribution in [2.45, 2.75) is 65.0 Å². The largest absolute Gasteiger partial charge is 0.326 e. The first kappa shape index (κ1) is 17.9. The highest BCUT2D eigenvalue weighted by atomic mass is 15.2. The molecule has 120 valence electrons. The van der Waals surface area contributed by atoms with Crippen LogP contribution >= 0.6 is 0 Å². The molecule has 0 spiro atoms. The quantitative estimate of drug-likeness (QED) is 0.743. The average molecular weight is 284 g/mol. The minimum absolute atomic E-state index is 0.379. The molecule has 20 heavy (non-hydrogen) atoms. The van der Waals surface area contributed by atoms with E-state index in [2.05, 4.69) is 44.7 Å². The predicted octanol–water partition coefficient (Wildman–Crippen LogP) is 2.80. The maximum atomic E-state index is 6.47. The van der Waals surface area contributed by atoms with E-state index in [1.165, 1.54) is 38.6 Å². The standard InChI is InChI=1S/C17H37N3/c1-6-7-15-8-9-16(18)17(12-15)20(13-14(2)3)11-10-19(4)5/h14-17H,6-13,18H2,1-5H3. The van der Waals surface area contributed by atoms with Gasteiger partial charge in [0.2, 0.25) is 0 Å². The molecule has 1 fully saturated rings. The number of hydrogen-bond donors (Lipinski definition) is 1. The molecule has 0 aromatic rings. The van der Waals surface area contributed by atoms with Gasteiger partial charge in [-0.3, -0.25) is 4.90 Å². The Labute approximate surface area is 126 Å². The minimum Gasteiger partial charge on any atom is -0.326 e. The second kappa shape index (κ2) is 9.01. The van der Waals surface area contributed by atoms with Crippen LogP contribution in [-0.4, -0.2) is 55.6 Å². The van der Waals surface area contributed by atoms with E-state index < -0.39 is 0 Å². The molecule has 0 aromatic heterocycles. The van der Waals surface area contributed by atoms with Crippen LogP contribution in [0.1, 0.15) is 52.9 Å². The van der Waals surface area contributed by atoms with Gasteiger partial charge in [0.25, 0.3) is 0 Å². The van der Waals surface area contributed by atoms with Gasteiger partial charge >= 0.3 is 0 Å². The Bertz CT molecular complexity index is 253. The first-order chi connectivity index (χ1) is 9.43. The van der Waals surface area contributed by atoms with Crippen LogP contribution in [0.2, 0.25) is 0 Å². The van der Waals surface area contributed by atoms with Crippen molar-refractivity contribution in [3.05, 3.63) is 0 Å². The highest BCUT2D eigenvalue weighted by molar-refractivity contribution is 4.89. The van der Waals surface area contributed by atoms with Gasteiger partial charge in [-0.2, -0.15) is 0 Å². The van der Waals surface area contributed by atoms with Crippen LogP contribution in [-0.2, 0) is 0 Å². The zero-order valence-electron chi connectivity index (χ0n) is 14.4. The van der Waals surface area contributed by atoms with Crippen LogP contribution in [0, 0.1) is 11.8 Å². The molecule has 1 rings (SSSR count). The van der Waals surface area contributed by atoms with Gasteiger partial charge in [0, 0.05) is 31.7 Å².